The normalized spacial score (nSPS) is 11.0. The summed E-state index contributed by atoms with van der Waals surface area (Å²) in [5, 5.41) is 4.12. The van der Waals surface area contributed by atoms with E-state index in [-0.39, 0.29) is 5.69 Å². The second kappa shape index (κ2) is 6.68. The van der Waals surface area contributed by atoms with Gasteiger partial charge in [-0.05, 0) is 42.3 Å². The van der Waals surface area contributed by atoms with Crippen LogP contribution >= 0.6 is 11.8 Å². The van der Waals surface area contributed by atoms with Gasteiger partial charge in [0.15, 0.2) is 5.65 Å². The fourth-order valence-electron chi connectivity index (χ4n) is 2.75. The van der Waals surface area contributed by atoms with E-state index in [0.717, 1.165) is 32.2 Å². The van der Waals surface area contributed by atoms with E-state index >= 15 is 0 Å². The van der Waals surface area contributed by atoms with Gasteiger partial charge in [-0.1, -0.05) is 30.0 Å². The summed E-state index contributed by atoms with van der Waals surface area (Å²) in [6.45, 7) is 2.07. The van der Waals surface area contributed by atoms with Gasteiger partial charge in [-0.2, -0.15) is 9.61 Å². The first kappa shape index (κ1) is 16.4. The predicted molar refractivity (Wildman–Crippen MR) is 101 cm³/mol. The zero-order valence-corrected chi connectivity index (χ0v) is 15.1. The standard InChI is InChI=1S/C19H16N4O2S/c1-12-8-13(16-10-22-23-18(16)20-11-21-19(23)24)6-7-17(12)26-15-5-3-4-14(9-15)25-2/h3-11H,1-2H3,(H,20,21,24). The van der Waals surface area contributed by atoms with Crippen LogP contribution in [0.3, 0.4) is 0 Å². The van der Waals surface area contributed by atoms with Crippen LogP contribution in [-0.4, -0.2) is 26.7 Å². The van der Waals surface area contributed by atoms with Crippen LogP contribution in [-0.2, 0) is 0 Å². The number of methoxy groups -OCH3 is 1. The van der Waals surface area contributed by atoms with Crippen molar-refractivity contribution in [2.75, 3.05) is 7.11 Å². The molecule has 0 aliphatic carbocycles. The second-order valence-corrected chi connectivity index (χ2v) is 6.88. The maximum atomic E-state index is 11.8. The summed E-state index contributed by atoms with van der Waals surface area (Å²) >= 11 is 1.68. The number of aromatic nitrogens is 4. The highest BCUT2D eigenvalue weighted by molar-refractivity contribution is 7.99. The lowest BCUT2D eigenvalue weighted by Crippen LogP contribution is -2.17. The molecule has 7 heteroatoms. The minimum absolute atomic E-state index is 0.303. The molecule has 0 saturated heterocycles. The van der Waals surface area contributed by atoms with Crippen molar-refractivity contribution >= 4 is 17.4 Å². The van der Waals surface area contributed by atoms with Gasteiger partial charge >= 0.3 is 5.69 Å². The smallest absolute Gasteiger partial charge is 0.349 e. The van der Waals surface area contributed by atoms with Crippen LogP contribution in [0.25, 0.3) is 16.8 Å². The van der Waals surface area contributed by atoms with Crippen molar-refractivity contribution in [2.45, 2.75) is 16.7 Å². The number of rotatable bonds is 4. The zero-order valence-electron chi connectivity index (χ0n) is 14.3. The highest BCUT2D eigenvalue weighted by Gasteiger charge is 2.11. The number of aryl methyl sites for hydroxylation is 1. The molecule has 0 unspecified atom stereocenters. The van der Waals surface area contributed by atoms with Gasteiger partial charge in [-0.3, -0.25) is 4.98 Å². The fraction of sp³-hybridized carbons (Fsp3) is 0.105. The number of hydrogen-bond acceptors (Lipinski definition) is 5. The van der Waals surface area contributed by atoms with Gasteiger partial charge < -0.3 is 4.74 Å². The molecule has 4 rings (SSSR count). The Morgan fingerprint density at radius 3 is 2.88 bits per heavy atom. The second-order valence-electron chi connectivity index (χ2n) is 5.76. The lowest BCUT2D eigenvalue weighted by Gasteiger charge is -2.09. The Hall–Kier alpha value is -3.06. The van der Waals surface area contributed by atoms with E-state index in [4.69, 9.17) is 4.74 Å². The maximum absolute atomic E-state index is 11.8. The number of hydrogen-bond donors (Lipinski definition) is 1. The van der Waals surface area contributed by atoms with Gasteiger partial charge in [0, 0.05) is 15.4 Å². The Bertz CT molecular complexity index is 1150. The van der Waals surface area contributed by atoms with Crippen LogP contribution in [0, 0.1) is 6.92 Å². The first-order chi connectivity index (χ1) is 12.7. The molecule has 6 nitrogen and oxygen atoms in total. The third-order valence-electron chi connectivity index (χ3n) is 4.07. The molecule has 26 heavy (non-hydrogen) atoms. The average molecular weight is 364 g/mol. The van der Waals surface area contributed by atoms with E-state index in [0.29, 0.717) is 5.65 Å². The van der Waals surface area contributed by atoms with Crippen molar-refractivity contribution in [1.82, 2.24) is 19.6 Å². The van der Waals surface area contributed by atoms with E-state index in [9.17, 15) is 4.79 Å². The molecule has 2 heterocycles. The summed E-state index contributed by atoms with van der Waals surface area (Å²) in [6, 6.07) is 14.2. The van der Waals surface area contributed by atoms with Crippen molar-refractivity contribution in [3.05, 3.63) is 71.0 Å². The Balaban J connectivity index is 1.69. The van der Waals surface area contributed by atoms with Crippen LogP contribution in [0.4, 0.5) is 0 Å². The molecule has 0 radical (unpaired) electrons. The van der Waals surface area contributed by atoms with E-state index in [2.05, 4.69) is 40.2 Å². The van der Waals surface area contributed by atoms with Gasteiger partial charge in [-0.15, -0.1) is 0 Å². The third kappa shape index (κ3) is 2.97. The van der Waals surface area contributed by atoms with Crippen molar-refractivity contribution in [3.8, 4) is 16.9 Å². The van der Waals surface area contributed by atoms with Crippen molar-refractivity contribution in [3.63, 3.8) is 0 Å². The van der Waals surface area contributed by atoms with Crippen molar-refractivity contribution in [2.24, 2.45) is 0 Å². The van der Waals surface area contributed by atoms with Crippen LogP contribution in [0.2, 0.25) is 0 Å². The molecule has 0 saturated carbocycles. The summed E-state index contributed by atoms with van der Waals surface area (Å²) < 4.78 is 6.55. The number of aromatic amines is 1. The number of fused-ring (bicyclic) bond motifs is 1. The molecule has 0 bridgehead atoms. The van der Waals surface area contributed by atoms with Crippen molar-refractivity contribution < 1.29 is 4.74 Å². The molecule has 0 aliphatic heterocycles. The molecule has 0 atom stereocenters. The van der Waals surface area contributed by atoms with Gasteiger partial charge in [0.05, 0.1) is 19.6 Å². The number of nitrogens with zero attached hydrogens (tertiary/aromatic N) is 3. The summed E-state index contributed by atoms with van der Waals surface area (Å²) in [4.78, 5) is 20.8. The van der Waals surface area contributed by atoms with Crippen LogP contribution in [0.1, 0.15) is 5.56 Å². The third-order valence-corrected chi connectivity index (χ3v) is 5.23. The quantitative estimate of drug-likeness (QED) is 0.599. The molecule has 0 aliphatic rings. The number of H-pyrrole nitrogens is 1. The lowest BCUT2D eigenvalue weighted by molar-refractivity contribution is 0.413. The molecular weight excluding hydrogens is 348 g/mol. The SMILES string of the molecule is COc1cccc(Sc2ccc(-c3cnn4c(=O)[nH]cnc34)cc2C)c1. The Kier molecular flexibility index (Phi) is 4.22. The summed E-state index contributed by atoms with van der Waals surface area (Å²) in [5.74, 6) is 0.840. The first-order valence-electron chi connectivity index (χ1n) is 8.00. The van der Waals surface area contributed by atoms with Gasteiger partial charge in [0.25, 0.3) is 0 Å². The molecular formula is C19H16N4O2S. The maximum Gasteiger partial charge on any atom is 0.349 e. The van der Waals surface area contributed by atoms with E-state index in [1.807, 2.05) is 24.3 Å². The van der Waals surface area contributed by atoms with E-state index in [1.54, 1.807) is 25.1 Å². The minimum Gasteiger partial charge on any atom is -0.497 e. The molecule has 130 valence electrons. The van der Waals surface area contributed by atoms with Crippen LogP contribution in [0.15, 0.2) is 69.6 Å². The fourth-order valence-corrected chi connectivity index (χ4v) is 3.68. The first-order valence-corrected chi connectivity index (χ1v) is 8.82. The molecule has 2 aromatic heterocycles. The predicted octanol–water partition coefficient (Wildman–Crippen LogP) is 3.55. The van der Waals surface area contributed by atoms with Crippen LogP contribution < -0.4 is 10.4 Å². The Morgan fingerprint density at radius 1 is 1.19 bits per heavy atom. The summed E-state index contributed by atoms with van der Waals surface area (Å²) in [7, 11) is 1.67. The molecule has 0 spiro atoms. The van der Waals surface area contributed by atoms with Crippen LogP contribution in [0.5, 0.6) is 5.75 Å². The number of nitrogens with one attached hydrogen (secondary N) is 1. The Labute approximate surface area is 153 Å². The topological polar surface area (TPSA) is 72.3 Å². The largest absolute Gasteiger partial charge is 0.497 e. The highest BCUT2D eigenvalue weighted by atomic mass is 32.2. The van der Waals surface area contributed by atoms with Gasteiger partial charge in [0.1, 0.15) is 5.75 Å². The molecule has 0 fully saturated rings. The highest BCUT2D eigenvalue weighted by Crippen LogP contribution is 2.34. The number of ether oxygens (including phenoxy) is 1. The lowest BCUT2D eigenvalue weighted by atomic mass is 10.1. The molecule has 2 aromatic carbocycles. The molecule has 0 amide bonds. The van der Waals surface area contributed by atoms with E-state index < -0.39 is 0 Å². The van der Waals surface area contributed by atoms with E-state index in [1.165, 1.54) is 10.8 Å². The van der Waals surface area contributed by atoms with Crippen molar-refractivity contribution in [1.29, 1.82) is 0 Å². The monoisotopic (exact) mass is 364 g/mol. The number of benzene rings is 2. The summed E-state index contributed by atoms with van der Waals surface area (Å²) in [6.07, 6.45) is 3.06. The van der Waals surface area contributed by atoms with Gasteiger partial charge in [0.2, 0.25) is 0 Å². The Morgan fingerprint density at radius 2 is 2.08 bits per heavy atom. The summed E-state index contributed by atoms with van der Waals surface area (Å²) in [5.41, 5.74) is 3.19. The zero-order chi connectivity index (χ0) is 18.1. The minimum atomic E-state index is -0.303. The average Bonchev–Trinajstić information content (AvgIpc) is 3.09. The molecule has 4 aromatic rings. The van der Waals surface area contributed by atoms with Gasteiger partial charge in [-0.25, -0.2) is 9.78 Å². The molecule has 1 N–H and O–H groups in total.